The van der Waals surface area contributed by atoms with Gasteiger partial charge in [0.1, 0.15) is 17.4 Å². The molecule has 0 spiro atoms. The first kappa shape index (κ1) is 18.9. The van der Waals surface area contributed by atoms with Crippen molar-refractivity contribution in [3.05, 3.63) is 64.8 Å². The highest BCUT2D eigenvalue weighted by Gasteiger charge is 2.21. The molecule has 0 saturated carbocycles. The van der Waals surface area contributed by atoms with Gasteiger partial charge in [0.2, 0.25) is 5.88 Å². The molecule has 1 saturated heterocycles. The van der Waals surface area contributed by atoms with Crippen LogP contribution < -0.4 is 15.6 Å². The lowest BCUT2D eigenvalue weighted by molar-refractivity contribution is 0.0938. The van der Waals surface area contributed by atoms with Crippen LogP contribution in [-0.2, 0) is 11.3 Å². The Balaban J connectivity index is 1.39. The lowest BCUT2D eigenvalue weighted by Gasteiger charge is -2.14. The normalized spacial score (nSPS) is 15.9. The van der Waals surface area contributed by atoms with Crippen LogP contribution in [0.3, 0.4) is 0 Å². The number of carbonyl (C=O) groups is 1. The van der Waals surface area contributed by atoms with Crippen molar-refractivity contribution in [2.24, 2.45) is 0 Å². The molecule has 150 valence electrons. The van der Waals surface area contributed by atoms with Crippen molar-refractivity contribution in [2.45, 2.75) is 19.1 Å². The van der Waals surface area contributed by atoms with Crippen LogP contribution in [0.2, 0.25) is 0 Å². The fraction of sp³-hybridized carbons (Fsp3) is 0.300. The van der Waals surface area contributed by atoms with Crippen molar-refractivity contribution >= 4 is 5.91 Å². The fourth-order valence-electron chi connectivity index (χ4n) is 2.96. The highest BCUT2D eigenvalue weighted by molar-refractivity contribution is 5.96. The SMILES string of the molecule is O=C(NCCn1nc(-c2ccco2)ccc1=O)c1cccnc1O[C@H]1CCOC1. The molecule has 0 bridgehead atoms. The molecule has 1 amide bonds. The minimum absolute atomic E-state index is 0.108. The fourth-order valence-corrected chi connectivity index (χ4v) is 2.96. The molecule has 1 aliphatic heterocycles. The first-order valence-corrected chi connectivity index (χ1v) is 9.30. The third-order valence-electron chi connectivity index (χ3n) is 4.43. The van der Waals surface area contributed by atoms with Crippen LogP contribution in [-0.4, -0.2) is 46.5 Å². The van der Waals surface area contributed by atoms with E-state index in [1.807, 2.05) is 0 Å². The predicted molar refractivity (Wildman–Crippen MR) is 103 cm³/mol. The summed E-state index contributed by atoms with van der Waals surface area (Å²) in [5.74, 6) is 0.508. The summed E-state index contributed by atoms with van der Waals surface area (Å²) < 4.78 is 17.7. The van der Waals surface area contributed by atoms with E-state index < -0.39 is 0 Å². The molecule has 1 aliphatic rings. The summed E-state index contributed by atoms with van der Waals surface area (Å²) in [5, 5.41) is 7.06. The average Bonchev–Trinajstić information content (AvgIpc) is 3.44. The number of carbonyl (C=O) groups excluding carboxylic acids is 1. The van der Waals surface area contributed by atoms with Gasteiger partial charge in [0, 0.05) is 25.2 Å². The molecule has 3 aromatic rings. The number of aromatic nitrogens is 3. The second kappa shape index (κ2) is 8.70. The Bertz CT molecular complexity index is 1030. The Kier molecular flexibility index (Phi) is 5.66. The van der Waals surface area contributed by atoms with Gasteiger partial charge < -0.3 is 19.2 Å². The maximum absolute atomic E-state index is 12.6. The van der Waals surface area contributed by atoms with Crippen LogP contribution in [0.15, 0.2) is 58.1 Å². The van der Waals surface area contributed by atoms with E-state index in [1.54, 1.807) is 36.5 Å². The summed E-state index contributed by atoms with van der Waals surface area (Å²) in [7, 11) is 0. The average molecular weight is 396 g/mol. The lowest BCUT2D eigenvalue weighted by atomic mass is 10.2. The molecule has 0 aliphatic carbocycles. The summed E-state index contributed by atoms with van der Waals surface area (Å²) in [5.41, 5.74) is 0.618. The van der Waals surface area contributed by atoms with E-state index in [1.165, 1.54) is 17.0 Å². The highest BCUT2D eigenvalue weighted by Crippen LogP contribution is 2.19. The van der Waals surface area contributed by atoms with Gasteiger partial charge in [-0.15, -0.1) is 0 Å². The molecule has 9 nitrogen and oxygen atoms in total. The summed E-state index contributed by atoms with van der Waals surface area (Å²) in [6.07, 6.45) is 3.77. The van der Waals surface area contributed by atoms with E-state index in [0.717, 1.165) is 6.42 Å². The van der Waals surface area contributed by atoms with E-state index in [-0.39, 0.29) is 36.5 Å². The Morgan fingerprint density at radius 2 is 2.21 bits per heavy atom. The monoisotopic (exact) mass is 396 g/mol. The van der Waals surface area contributed by atoms with E-state index in [9.17, 15) is 9.59 Å². The Morgan fingerprint density at radius 3 is 3.00 bits per heavy atom. The van der Waals surface area contributed by atoms with Crippen molar-refractivity contribution in [1.82, 2.24) is 20.1 Å². The smallest absolute Gasteiger partial charge is 0.266 e. The molecular weight excluding hydrogens is 376 g/mol. The number of nitrogens with one attached hydrogen (secondary N) is 1. The number of rotatable bonds is 7. The Morgan fingerprint density at radius 1 is 1.28 bits per heavy atom. The van der Waals surface area contributed by atoms with E-state index in [0.29, 0.717) is 30.2 Å². The third-order valence-corrected chi connectivity index (χ3v) is 4.43. The molecule has 0 radical (unpaired) electrons. The third kappa shape index (κ3) is 4.52. The molecule has 29 heavy (non-hydrogen) atoms. The standard InChI is InChI=1S/C20H20N4O5/c25-18-6-5-16(17-4-2-11-28-17)23-24(18)10-9-21-19(26)15-3-1-8-22-20(15)29-14-7-12-27-13-14/h1-6,8,11,14H,7,9-10,12-13H2,(H,21,26)/t14-/m0/s1. The van der Waals surface area contributed by atoms with Gasteiger partial charge >= 0.3 is 0 Å². The van der Waals surface area contributed by atoms with Crippen molar-refractivity contribution in [1.29, 1.82) is 0 Å². The van der Waals surface area contributed by atoms with Gasteiger partial charge in [0.15, 0.2) is 5.76 Å². The molecule has 4 rings (SSSR count). The first-order valence-electron chi connectivity index (χ1n) is 9.30. The number of nitrogens with zero attached hydrogens (tertiary/aromatic N) is 3. The van der Waals surface area contributed by atoms with Crippen molar-refractivity contribution in [3.63, 3.8) is 0 Å². The molecule has 0 aromatic carbocycles. The summed E-state index contributed by atoms with van der Waals surface area (Å²) >= 11 is 0. The van der Waals surface area contributed by atoms with Gasteiger partial charge in [-0.2, -0.15) is 5.10 Å². The minimum Gasteiger partial charge on any atom is -0.471 e. The number of pyridine rings is 1. The predicted octanol–water partition coefficient (Wildman–Crippen LogP) is 1.50. The van der Waals surface area contributed by atoms with Gasteiger partial charge in [-0.05, 0) is 30.3 Å². The van der Waals surface area contributed by atoms with Gasteiger partial charge in [-0.25, -0.2) is 9.67 Å². The second-order valence-corrected chi connectivity index (χ2v) is 6.47. The molecule has 1 atom stereocenters. The Labute approximate surface area is 166 Å². The summed E-state index contributed by atoms with van der Waals surface area (Å²) in [6.45, 7) is 1.55. The summed E-state index contributed by atoms with van der Waals surface area (Å²) in [6, 6.07) is 9.85. The topological polar surface area (TPSA) is 108 Å². The molecule has 3 aromatic heterocycles. The molecular formula is C20H20N4O5. The number of ether oxygens (including phenoxy) is 2. The van der Waals surface area contributed by atoms with Gasteiger partial charge in [0.25, 0.3) is 11.5 Å². The van der Waals surface area contributed by atoms with Gasteiger partial charge in [0.05, 0.1) is 26.0 Å². The van der Waals surface area contributed by atoms with Crippen LogP contribution in [0.1, 0.15) is 16.8 Å². The molecule has 1 N–H and O–H groups in total. The van der Waals surface area contributed by atoms with Gasteiger partial charge in [-0.3, -0.25) is 9.59 Å². The number of hydrogen-bond acceptors (Lipinski definition) is 7. The van der Waals surface area contributed by atoms with Crippen LogP contribution in [0.4, 0.5) is 0 Å². The first-order chi connectivity index (χ1) is 14.2. The van der Waals surface area contributed by atoms with Gasteiger partial charge in [-0.1, -0.05) is 0 Å². The maximum atomic E-state index is 12.6. The molecule has 9 heteroatoms. The van der Waals surface area contributed by atoms with Crippen molar-refractivity contribution < 1.29 is 18.7 Å². The lowest BCUT2D eigenvalue weighted by Crippen LogP contribution is -2.32. The number of furan rings is 1. The van der Waals surface area contributed by atoms with Crippen LogP contribution in [0, 0.1) is 0 Å². The number of hydrogen-bond donors (Lipinski definition) is 1. The maximum Gasteiger partial charge on any atom is 0.266 e. The molecule has 1 fully saturated rings. The largest absolute Gasteiger partial charge is 0.471 e. The van der Waals surface area contributed by atoms with Crippen LogP contribution in [0.5, 0.6) is 5.88 Å². The zero-order valence-corrected chi connectivity index (χ0v) is 15.6. The number of amides is 1. The van der Waals surface area contributed by atoms with E-state index in [4.69, 9.17) is 13.9 Å². The second-order valence-electron chi connectivity index (χ2n) is 6.47. The van der Waals surface area contributed by atoms with Crippen molar-refractivity contribution in [2.75, 3.05) is 19.8 Å². The van der Waals surface area contributed by atoms with Crippen LogP contribution in [0.25, 0.3) is 11.5 Å². The zero-order valence-electron chi connectivity index (χ0n) is 15.6. The molecule has 4 heterocycles. The van der Waals surface area contributed by atoms with Crippen LogP contribution >= 0.6 is 0 Å². The minimum atomic E-state index is -0.331. The van der Waals surface area contributed by atoms with Crippen molar-refractivity contribution in [3.8, 4) is 17.3 Å². The van der Waals surface area contributed by atoms with E-state index >= 15 is 0 Å². The highest BCUT2D eigenvalue weighted by atomic mass is 16.5. The van der Waals surface area contributed by atoms with E-state index in [2.05, 4.69) is 15.4 Å². The molecule has 0 unspecified atom stereocenters. The quantitative estimate of drug-likeness (QED) is 0.645. The summed E-state index contributed by atoms with van der Waals surface area (Å²) in [4.78, 5) is 28.8. The zero-order chi connectivity index (χ0) is 20.1. The Hall–Kier alpha value is -3.46.